The number of aliphatic carboxylic acids is 1. The Kier molecular flexibility index (Phi) is 5.75. The molecular formula is C12H14BrFN2O3. The van der Waals surface area contributed by atoms with E-state index in [0.717, 1.165) is 0 Å². The Hall–Kier alpha value is -1.63. The summed E-state index contributed by atoms with van der Waals surface area (Å²) in [5, 5.41) is 13.6. The average molecular weight is 333 g/mol. The summed E-state index contributed by atoms with van der Waals surface area (Å²) < 4.78 is 13.2. The summed E-state index contributed by atoms with van der Waals surface area (Å²) in [6, 6.07) is 3.38. The van der Waals surface area contributed by atoms with Crippen LogP contribution in [0.15, 0.2) is 22.7 Å². The monoisotopic (exact) mass is 332 g/mol. The van der Waals surface area contributed by atoms with Crippen LogP contribution in [0, 0.1) is 5.82 Å². The molecule has 0 heterocycles. The first-order valence-corrected chi connectivity index (χ1v) is 6.42. The molecule has 1 aromatic carbocycles. The zero-order valence-electron chi connectivity index (χ0n) is 10.2. The molecule has 1 rings (SSSR count). The number of carbonyl (C=O) groups excluding carboxylic acids is 1. The second-order valence-corrected chi connectivity index (χ2v) is 4.92. The van der Waals surface area contributed by atoms with Crippen LogP contribution in [0.3, 0.4) is 0 Å². The van der Waals surface area contributed by atoms with E-state index < -0.39 is 17.8 Å². The quantitative estimate of drug-likeness (QED) is 0.775. The van der Waals surface area contributed by atoms with Gasteiger partial charge in [0.05, 0.1) is 4.47 Å². The zero-order valence-corrected chi connectivity index (χ0v) is 11.8. The maximum Gasteiger partial charge on any atom is 0.319 e. The first kappa shape index (κ1) is 15.4. The van der Waals surface area contributed by atoms with E-state index in [-0.39, 0.29) is 16.9 Å². The molecule has 0 aromatic heterocycles. The van der Waals surface area contributed by atoms with Crippen molar-refractivity contribution in [1.82, 2.24) is 5.32 Å². The number of carboxylic acids is 1. The third-order valence-electron chi connectivity index (χ3n) is 2.35. The number of halogens is 2. The van der Waals surface area contributed by atoms with Gasteiger partial charge in [0.2, 0.25) is 0 Å². The average Bonchev–Trinajstić information content (AvgIpc) is 2.31. The van der Waals surface area contributed by atoms with Crippen molar-refractivity contribution < 1.29 is 19.1 Å². The minimum atomic E-state index is -0.906. The summed E-state index contributed by atoms with van der Waals surface area (Å²) in [6.45, 7) is 1.71. The van der Waals surface area contributed by atoms with Gasteiger partial charge in [-0.2, -0.15) is 0 Å². The molecule has 0 saturated carbocycles. The number of carbonyl (C=O) groups is 2. The lowest BCUT2D eigenvalue weighted by Crippen LogP contribution is -2.36. The van der Waals surface area contributed by atoms with Gasteiger partial charge in [-0.25, -0.2) is 9.18 Å². The molecule has 1 aromatic rings. The lowest BCUT2D eigenvalue weighted by Gasteiger charge is -2.13. The van der Waals surface area contributed by atoms with Crippen LogP contribution in [-0.2, 0) is 4.79 Å². The minimum Gasteiger partial charge on any atom is -0.481 e. The molecule has 3 N–H and O–H groups in total. The molecule has 0 radical (unpaired) electrons. The predicted molar refractivity (Wildman–Crippen MR) is 72.6 cm³/mol. The topological polar surface area (TPSA) is 78.4 Å². The van der Waals surface area contributed by atoms with Crippen molar-refractivity contribution in [2.45, 2.75) is 25.8 Å². The fourth-order valence-electron chi connectivity index (χ4n) is 1.38. The molecule has 2 amide bonds. The number of amides is 2. The number of nitrogens with one attached hydrogen (secondary N) is 2. The van der Waals surface area contributed by atoms with Gasteiger partial charge in [0.25, 0.3) is 0 Å². The van der Waals surface area contributed by atoms with Gasteiger partial charge < -0.3 is 15.7 Å². The smallest absolute Gasteiger partial charge is 0.319 e. The highest BCUT2D eigenvalue weighted by Gasteiger charge is 2.10. The zero-order chi connectivity index (χ0) is 14.4. The van der Waals surface area contributed by atoms with E-state index in [4.69, 9.17) is 5.11 Å². The summed E-state index contributed by atoms with van der Waals surface area (Å²) in [5.41, 5.74) is 0.441. The van der Waals surface area contributed by atoms with E-state index >= 15 is 0 Å². The van der Waals surface area contributed by atoms with Crippen LogP contribution in [0.4, 0.5) is 14.9 Å². The lowest BCUT2D eigenvalue weighted by atomic mass is 10.2. The van der Waals surface area contributed by atoms with Gasteiger partial charge in [-0.3, -0.25) is 4.79 Å². The highest BCUT2D eigenvalue weighted by molar-refractivity contribution is 9.10. The number of hydrogen-bond donors (Lipinski definition) is 3. The molecule has 5 nitrogen and oxygen atoms in total. The standard InChI is InChI=1S/C12H14BrFN2O3/c1-7(2-5-11(17)18)15-12(19)16-8-3-4-10(14)9(13)6-8/h3-4,6-7H,2,5H2,1H3,(H,17,18)(H2,15,16,19). The largest absolute Gasteiger partial charge is 0.481 e. The third-order valence-corrected chi connectivity index (χ3v) is 2.95. The van der Waals surface area contributed by atoms with Gasteiger partial charge in [0, 0.05) is 18.2 Å². The van der Waals surface area contributed by atoms with Gasteiger partial charge in [-0.05, 0) is 47.5 Å². The van der Waals surface area contributed by atoms with Crippen LogP contribution in [-0.4, -0.2) is 23.1 Å². The molecule has 0 aliphatic carbocycles. The second-order valence-electron chi connectivity index (χ2n) is 4.06. The summed E-state index contributed by atoms with van der Waals surface area (Å²) in [7, 11) is 0. The van der Waals surface area contributed by atoms with E-state index in [2.05, 4.69) is 26.6 Å². The summed E-state index contributed by atoms with van der Waals surface area (Å²) in [5.74, 6) is -1.32. The molecule has 7 heteroatoms. The molecule has 0 aliphatic rings. The first-order chi connectivity index (χ1) is 8.88. The van der Waals surface area contributed by atoms with Crippen LogP contribution < -0.4 is 10.6 Å². The van der Waals surface area contributed by atoms with Gasteiger partial charge in [-0.1, -0.05) is 0 Å². The molecule has 1 atom stereocenters. The van der Waals surface area contributed by atoms with Crippen LogP contribution in [0.25, 0.3) is 0 Å². The predicted octanol–water partition coefficient (Wildman–Crippen LogP) is 2.96. The highest BCUT2D eigenvalue weighted by Crippen LogP contribution is 2.19. The van der Waals surface area contributed by atoms with Gasteiger partial charge in [0.15, 0.2) is 0 Å². The van der Waals surface area contributed by atoms with Gasteiger partial charge >= 0.3 is 12.0 Å². The van der Waals surface area contributed by atoms with Crippen molar-refractivity contribution in [2.75, 3.05) is 5.32 Å². The minimum absolute atomic E-state index is 0.0104. The normalized spacial score (nSPS) is 11.7. The van der Waals surface area contributed by atoms with E-state index in [1.807, 2.05) is 0 Å². The Morgan fingerprint density at radius 1 is 1.47 bits per heavy atom. The van der Waals surface area contributed by atoms with Crippen molar-refractivity contribution in [3.63, 3.8) is 0 Å². The highest BCUT2D eigenvalue weighted by atomic mass is 79.9. The van der Waals surface area contributed by atoms with Crippen molar-refractivity contribution in [3.8, 4) is 0 Å². The Balaban J connectivity index is 2.46. The Morgan fingerprint density at radius 3 is 2.74 bits per heavy atom. The van der Waals surface area contributed by atoms with E-state index in [9.17, 15) is 14.0 Å². The fraction of sp³-hybridized carbons (Fsp3) is 0.333. The summed E-state index contributed by atoms with van der Waals surface area (Å²) in [4.78, 5) is 22.0. The third kappa shape index (κ3) is 5.69. The maximum atomic E-state index is 13.0. The van der Waals surface area contributed by atoms with Gasteiger partial charge in [0.1, 0.15) is 5.82 Å². The summed E-state index contributed by atoms with van der Waals surface area (Å²) >= 11 is 3.02. The SMILES string of the molecule is CC(CCC(=O)O)NC(=O)Nc1ccc(F)c(Br)c1. The Labute approximate surface area is 118 Å². The van der Waals surface area contributed by atoms with Crippen molar-refractivity contribution >= 4 is 33.6 Å². The van der Waals surface area contributed by atoms with Crippen molar-refractivity contribution in [1.29, 1.82) is 0 Å². The van der Waals surface area contributed by atoms with E-state index in [1.165, 1.54) is 18.2 Å². The van der Waals surface area contributed by atoms with Crippen LogP contribution >= 0.6 is 15.9 Å². The van der Waals surface area contributed by atoms with E-state index in [1.54, 1.807) is 6.92 Å². The van der Waals surface area contributed by atoms with E-state index in [0.29, 0.717) is 12.1 Å². The number of carboxylic acid groups (broad SMARTS) is 1. The molecule has 0 aliphatic heterocycles. The van der Waals surface area contributed by atoms with Crippen molar-refractivity contribution in [3.05, 3.63) is 28.5 Å². The van der Waals surface area contributed by atoms with Crippen LogP contribution in [0.1, 0.15) is 19.8 Å². The molecular weight excluding hydrogens is 319 g/mol. The number of rotatable bonds is 5. The number of anilines is 1. The first-order valence-electron chi connectivity index (χ1n) is 5.63. The number of benzene rings is 1. The van der Waals surface area contributed by atoms with Crippen LogP contribution in [0.2, 0.25) is 0 Å². The molecule has 0 saturated heterocycles. The molecule has 0 bridgehead atoms. The molecule has 0 fully saturated rings. The van der Waals surface area contributed by atoms with Crippen LogP contribution in [0.5, 0.6) is 0 Å². The number of urea groups is 1. The molecule has 19 heavy (non-hydrogen) atoms. The maximum absolute atomic E-state index is 13.0. The molecule has 0 spiro atoms. The Bertz CT molecular complexity index is 482. The number of hydrogen-bond acceptors (Lipinski definition) is 2. The second kappa shape index (κ2) is 7.08. The Morgan fingerprint density at radius 2 is 2.16 bits per heavy atom. The summed E-state index contributed by atoms with van der Waals surface area (Å²) in [6.07, 6.45) is 0.333. The molecule has 104 valence electrons. The molecule has 1 unspecified atom stereocenters. The van der Waals surface area contributed by atoms with Gasteiger partial charge in [-0.15, -0.1) is 0 Å². The lowest BCUT2D eigenvalue weighted by molar-refractivity contribution is -0.137. The fourth-order valence-corrected chi connectivity index (χ4v) is 1.76. The van der Waals surface area contributed by atoms with Crippen molar-refractivity contribution in [2.24, 2.45) is 0 Å².